The van der Waals surface area contributed by atoms with Crippen molar-refractivity contribution in [3.63, 3.8) is 0 Å². The van der Waals surface area contributed by atoms with Crippen molar-refractivity contribution in [3.05, 3.63) is 0 Å². The molecule has 1 heterocycles. The molecule has 0 spiro atoms. The first kappa shape index (κ1) is 19.2. The van der Waals surface area contributed by atoms with Gasteiger partial charge in [-0.25, -0.2) is 0 Å². The van der Waals surface area contributed by atoms with Gasteiger partial charge < -0.3 is 20.1 Å². The fourth-order valence-corrected chi connectivity index (χ4v) is 2.17. The standard InChI is InChI=1S/C16H34N4O2/c1-5-17-15(19-14-16(2,3)21-4)18-8-6-7-9-20-10-12-22-13-11-20/h5-14H2,1-4H3,(H2,17,18,19). The summed E-state index contributed by atoms with van der Waals surface area (Å²) in [6, 6.07) is 0. The number of nitrogens with zero attached hydrogens (tertiary/aromatic N) is 2. The molecule has 6 nitrogen and oxygen atoms in total. The van der Waals surface area contributed by atoms with Crippen LogP contribution in [0, 0.1) is 0 Å². The van der Waals surface area contributed by atoms with Crippen LogP contribution in [-0.2, 0) is 9.47 Å². The second-order valence-corrected chi connectivity index (χ2v) is 6.25. The molecule has 0 atom stereocenters. The number of aliphatic imine (C=N–C) groups is 1. The van der Waals surface area contributed by atoms with Crippen molar-refractivity contribution in [2.75, 3.05) is 59.6 Å². The maximum absolute atomic E-state index is 5.40. The Bertz CT molecular complexity index is 315. The summed E-state index contributed by atoms with van der Waals surface area (Å²) in [5.41, 5.74) is -0.224. The van der Waals surface area contributed by atoms with E-state index in [-0.39, 0.29) is 5.60 Å². The van der Waals surface area contributed by atoms with Crippen LogP contribution in [0.4, 0.5) is 0 Å². The number of guanidine groups is 1. The van der Waals surface area contributed by atoms with Crippen LogP contribution in [0.25, 0.3) is 0 Å². The molecule has 0 aromatic heterocycles. The SMILES string of the molecule is CCNC(=NCC(C)(C)OC)NCCCCN1CCOCC1. The third-order valence-electron chi connectivity index (χ3n) is 3.81. The van der Waals surface area contributed by atoms with E-state index < -0.39 is 0 Å². The van der Waals surface area contributed by atoms with Gasteiger partial charge in [-0.1, -0.05) is 0 Å². The summed E-state index contributed by atoms with van der Waals surface area (Å²) < 4.78 is 10.8. The quantitative estimate of drug-likeness (QED) is 0.379. The van der Waals surface area contributed by atoms with Gasteiger partial charge in [-0.05, 0) is 40.2 Å². The van der Waals surface area contributed by atoms with Crippen molar-refractivity contribution in [3.8, 4) is 0 Å². The second-order valence-electron chi connectivity index (χ2n) is 6.25. The molecule has 0 unspecified atom stereocenters. The van der Waals surface area contributed by atoms with Gasteiger partial charge in [0.25, 0.3) is 0 Å². The zero-order valence-corrected chi connectivity index (χ0v) is 14.8. The van der Waals surface area contributed by atoms with Crippen molar-refractivity contribution in [2.45, 2.75) is 39.2 Å². The lowest BCUT2D eigenvalue weighted by Crippen LogP contribution is -2.40. The van der Waals surface area contributed by atoms with Gasteiger partial charge in [-0.15, -0.1) is 0 Å². The molecule has 1 saturated heterocycles. The number of nitrogens with one attached hydrogen (secondary N) is 2. The van der Waals surface area contributed by atoms with E-state index in [0.717, 1.165) is 58.3 Å². The van der Waals surface area contributed by atoms with E-state index in [1.54, 1.807) is 7.11 Å². The Hall–Kier alpha value is -0.850. The van der Waals surface area contributed by atoms with Gasteiger partial charge in [-0.3, -0.25) is 9.89 Å². The van der Waals surface area contributed by atoms with Gasteiger partial charge in [0.2, 0.25) is 0 Å². The third-order valence-corrected chi connectivity index (χ3v) is 3.81. The van der Waals surface area contributed by atoms with Crippen LogP contribution in [0.5, 0.6) is 0 Å². The van der Waals surface area contributed by atoms with E-state index in [2.05, 4.69) is 27.4 Å². The summed E-state index contributed by atoms with van der Waals surface area (Å²) in [4.78, 5) is 7.06. The highest BCUT2D eigenvalue weighted by Gasteiger charge is 2.15. The lowest BCUT2D eigenvalue weighted by Gasteiger charge is -2.26. The number of unbranched alkanes of at least 4 members (excludes halogenated alkanes) is 1. The summed E-state index contributed by atoms with van der Waals surface area (Å²) in [6.45, 7) is 13.7. The molecule has 2 N–H and O–H groups in total. The molecule has 1 aliphatic rings. The molecule has 1 rings (SSSR count). The van der Waals surface area contributed by atoms with Gasteiger partial charge in [0, 0.05) is 33.3 Å². The van der Waals surface area contributed by atoms with Gasteiger partial charge in [0.15, 0.2) is 5.96 Å². The van der Waals surface area contributed by atoms with E-state index in [0.29, 0.717) is 6.54 Å². The first-order valence-electron chi connectivity index (χ1n) is 8.45. The average Bonchev–Trinajstić information content (AvgIpc) is 2.53. The molecular weight excluding hydrogens is 280 g/mol. The molecule has 0 saturated carbocycles. The minimum Gasteiger partial charge on any atom is -0.379 e. The fraction of sp³-hybridized carbons (Fsp3) is 0.938. The van der Waals surface area contributed by atoms with Crippen LogP contribution in [0.2, 0.25) is 0 Å². The Kier molecular flexibility index (Phi) is 9.43. The zero-order valence-electron chi connectivity index (χ0n) is 14.8. The topological polar surface area (TPSA) is 58.1 Å². The van der Waals surface area contributed by atoms with Gasteiger partial charge in [0.1, 0.15) is 0 Å². The predicted molar refractivity (Wildman–Crippen MR) is 91.6 cm³/mol. The van der Waals surface area contributed by atoms with Crippen LogP contribution < -0.4 is 10.6 Å². The first-order chi connectivity index (χ1) is 10.6. The Labute approximate surface area is 135 Å². The van der Waals surface area contributed by atoms with E-state index in [1.165, 1.54) is 6.42 Å². The van der Waals surface area contributed by atoms with Crippen molar-refractivity contribution >= 4 is 5.96 Å². The Morgan fingerprint density at radius 3 is 2.59 bits per heavy atom. The highest BCUT2D eigenvalue weighted by Crippen LogP contribution is 2.07. The van der Waals surface area contributed by atoms with Crippen molar-refractivity contribution < 1.29 is 9.47 Å². The Balaban J connectivity index is 2.18. The maximum Gasteiger partial charge on any atom is 0.191 e. The van der Waals surface area contributed by atoms with Gasteiger partial charge in [-0.2, -0.15) is 0 Å². The zero-order chi connectivity index (χ0) is 16.3. The van der Waals surface area contributed by atoms with E-state index in [4.69, 9.17) is 9.47 Å². The van der Waals surface area contributed by atoms with E-state index in [9.17, 15) is 0 Å². The fourth-order valence-electron chi connectivity index (χ4n) is 2.17. The second kappa shape index (κ2) is 10.8. The number of hydrogen-bond donors (Lipinski definition) is 2. The molecule has 130 valence electrons. The third kappa shape index (κ3) is 8.56. The van der Waals surface area contributed by atoms with Crippen molar-refractivity contribution in [1.29, 1.82) is 0 Å². The van der Waals surface area contributed by atoms with E-state index >= 15 is 0 Å². The number of morpholine rings is 1. The van der Waals surface area contributed by atoms with Crippen LogP contribution in [-0.4, -0.2) is 76.1 Å². The van der Waals surface area contributed by atoms with Crippen LogP contribution in [0.1, 0.15) is 33.6 Å². The number of methoxy groups -OCH3 is 1. The molecule has 0 amide bonds. The Morgan fingerprint density at radius 1 is 1.23 bits per heavy atom. The van der Waals surface area contributed by atoms with Crippen LogP contribution in [0.15, 0.2) is 4.99 Å². The summed E-state index contributed by atoms with van der Waals surface area (Å²) in [5, 5.41) is 6.67. The van der Waals surface area contributed by atoms with E-state index in [1.807, 2.05) is 13.8 Å². The molecule has 0 aromatic rings. The van der Waals surface area contributed by atoms with Gasteiger partial charge in [0.05, 0.1) is 25.4 Å². The number of ether oxygens (including phenoxy) is 2. The molecule has 0 bridgehead atoms. The molecule has 1 aliphatic heterocycles. The molecule has 1 fully saturated rings. The van der Waals surface area contributed by atoms with Crippen LogP contribution >= 0.6 is 0 Å². The highest BCUT2D eigenvalue weighted by molar-refractivity contribution is 5.79. The van der Waals surface area contributed by atoms with Crippen molar-refractivity contribution in [1.82, 2.24) is 15.5 Å². The summed E-state index contributed by atoms with van der Waals surface area (Å²) in [5.74, 6) is 0.874. The lowest BCUT2D eigenvalue weighted by atomic mass is 10.1. The smallest absolute Gasteiger partial charge is 0.191 e. The molecular formula is C16H34N4O2. The number of hydrogen-bond acceptors (Lipinski definition) is 4. The van der Waals surface area contributed by atoms with Gasteiger partial charge >= 0.3 is 0 Å². The van der Waals surface area contributed by atoms with Crippen LogP contribution in [0.3, 0.4) is 0 Å². The normalized spacial score (nSPS) is 17.5. The maximum atomic E-state index is 5.40. The number of rotatable bonds is 9. The summed E-state index contributed by atoms with van der Waals surface area (Å²) >= 11 is 0. The lowest BCUT2D eigenvalue weighted by molar-refractivity contribution is 0.0310. The predicted octanol–water partition coefficient (Wildman–Crippen LogP) is 1.08. The Morgan fingerprint density at radius 2 is 1.95 bits per heavy atom. The minimum absolute atomic E-state index is 0.224. The summed E-state index contributed by atoms with van der Waals surface area (Å²) in [6.07, 6.45) is 2.35. The molecule has 6 heteroatoms. The molecule has 0 aromatic carbocycles. The molecule has 0 aliphatic carbocycles. The highest BCUT2D eigenvalue weighted by atomic mass is 16.5. The first-order valence-corrected chi connectivity index (χ1v) is 8.45. The molecule has 0 radical (unpaired) electrons. The largest absolute Gasteiger partial charge is 0.379 e. The minimum atomic E-state index is -0.224. The molecule has 22 heavy (non-hydrogen) atoms. The van der Waals surface area contributed by atoms with Crippen molar-refractivity contribution in [2.24, 2.45) is 4.99 Å². The average molecular weight is 314 g/mol. The summed E-state index contributed by atoms with van der Waals surface area (Å²) in [7, 11) is 1.72. The monoisotopic (exact) mass is 314 g/mol.